The van der Waals surface area contributed by atoms with Gasteiger partial charge in [0.05, 0.1) is 5.92 Å². The van der Waals surface area contributed by atoms with Gasteiger partial charge in [0.25, 0.3) is 0 Å². The average Bonchev–Trinajstić information content (AvgIpc) is 2.93. The summed E-state index contributed by atoms with van der Waals surface area (Å²) in [5, 5.41) is 9.52. The molecule has 1 aromatic rings. The zero-order chi connectivity index (χ0) is 12.6. The Hall–Kier alpha value is -1.55. The minimum atomic E-state index is 0.173. The maximum Gasteiger partial charge on any atom is 0.224 e. The van der Waals surface area contributed by atoms with E-state index in [9.17, 15) is 4.79 Å². The summed E-state index contributed by atoms with van der Waals surface area (Å²) in [4.78, 5) is 11.7. The first-order valence-electron chi connectivity index (χ1n) is 6.63. The smallest absolute Gasteiger partial charge is 0.224 e. The number of benzene rings is 1. The third-order valence-electron chi connectivity index (χ3n) is 3.19. The molecule has 1 heterocycles. The van der Waals surface area contributed by atoms with E-state index in [1.165, 1.54) is 0 Å². The molecule has 0 spiro atoms. The SMILES string of the molecule is O=C(NCCCNc1ccccc1)C1CCNC1. The predicted molar refractivity (Wildman–Crippen MR) is 73.5 cm³/mol. The maximum absolute atomic E-state index is 11.7. The van der Waals surface area contributed by atoms with Gasteiger partial charge in [0.15, 0.2) is 0 Å². The molecule has 0 saturated carbocycles. The van der Waals surface area contributed by atoms with Gasteiger partial charge in [0.2, 0.25) is 5.91 Å². The van der Waals surface area contributed by atoms with Crippen LogP contribution in [0.25, 0.3) is 0 Å². The van der Waals surface area contributed by atoms with Gasteiger partial charge in [-0.2, -0.15) is 0 Å². The van der Waals surface area contributed by atoms with Gasteiger partial charge in [-0.15, -0.1) is 0 Å². The topological polar surface area (TPSA) is 53.2 Å². The molecule has 3 N–H and O–H groups in total. The lowest BCUT2D eigenvalue weighted by atomic mass is 10.1. The van der Waals surface area contributed by atoms with Crippen molar-refractivity contribution in [3.8, 4) is 0 Å². The minimum Gasteiger partial charge on any atom is -0.385 e. The molecule has 1 aromatic carbocycles. The highest BCUT2D eigenvalue weighted by Gasteiger charge is 2.21. The van der Waals surface area contributed by atoms with E-state index in [1.54, 1.807) is 0 Å². The predicted octanol–water partition coefficient (Wildman–Crippen LogP) is 1.21. The summed E-state index contributed by atoms with van der Waals surface area (Å²) in [6.07, 6.45) is 1.91. The molecule has 0 bridgehead atoms. The van der Waals surface area contributed by atoms with Crippen molar-refractivity contribution in [2.24, 2.45) is 5.92 Å². The fraction of sp³-hybridized carbons (Fsp3) is 0.500. The molecule has 2 rings (SSSR count). The van der Waals surface area contributed by atoms with Crippen LogP contribution < -0.4 is 16.0 Å². The van der Waals surface area contributed by atoms with Gasteiger partial charge < -0.3 is 16.0 Å². The Morgan fingerprint density at radius 3 is 2.83 bits per heavy atom. The van der Waals surface area contributed by atoms with Crippen LogP contribution in [0.15, 0.2) is 30.3 Å². The van der Waals surface area contributed by atoms with E-state index < -0.39 is 0 Å². The van der Waals surface area contributed by atoms with Crippen LogP contribution in [0.2, 0.25) is 0 Å². The molecule has 4 heteroatoms. The number of carbonyl (C=O) groups is 1. The highest BCUT2D eigenvalue weighted by atomic mass is 16.1. The van der Waals surface area contributed by atoms with Crippen molar-refractivity contribution in [2.45, 2.75) is 12.8 Å². The van der Waals surface area contributed by atoms with Crippen molar-refractivity contribution in [1.29, 1.82) is 0 Å². The Labute approximate surface area is 108 Å². The van der Waals surface area contributed by atoms with Crippen LogP contribution in [0.4, 0.5) is 5.69 Å². The zero-order valence-electron chi connectivity index (χ0n) is 10.6. The van der Waals surface area contributed by atoms with Crippen LogP contribution in [-0.4, -0.2) is 32.1 Å². The second-order valence-electron chi connectivity index (χ2n) is 4.63. The maximum atomic E-state index is 11.7. The molecule has 1 unspecified atom stereocenters. The van der Waals surface area contributed by atoms with E-state index in [-0.39, 0.29) is 11.8 Å². The van der Waals surface area contributed by atoms with Crippen LogP contribution in [0, 0.1) is 5.92 Å². The van der Waals surface area contributed by atoms with Gasteiger partial charge in [0.1, 0.15) is 0 Å². The summed E-state index contributed by atoms with van der Waals surface area (Å²) in [6.45, 7) is 3.42. The van der Waals surface area contributed by atoms with Gasteiger partial charge in [-0.3, -0.25) is 4.79 Å². The van der Waals surface area contributed by atoms with E-state index in [0.717, 1.165) is 44.7 Å². The number of anilines is 1. The Balaban J connectivity index is 1.54. The van der Waals surface area contributed by atoms with Crippen molar-refractivity contribution in [3.05, 3.63) is 30.3 Å². The molecular weight excluding hydrogens is 226 g/mol. The van der Waals surface area contributed by atoms with Crippen molar-refractivity contribution in [2.75, 3.05) is 31.5 Å². The third-order valence-corrected chi connectivity index (χ3v) is 3.19. The van der Waals surface area contributed by atoms with E-state index >= 15 is 0 Å². The lowest BCUT2D eigenvalue weighted by molar-refractivity contribution is -0.124. The van der Waals surface area contributed by atoms with Crippen molar-refractivity contribution in [3.63, 3.8) is 0 Å². The summed E-state index contributed by atoms with van der Waals surface area (Å²) < 4.78 is 0. The molecule has 1 aliphatic heterocycles. The lowest BCUT2D eigenvalue weighted by Gasteiger charge is -2.10. The Bertz CT molecular complexity index is 361. The van der Waals surface area contributed by atoms with Gasteiger partial charge in [-0.1, -0.05) is 18.2 Å². The Kier molecular flexibility index (Phi) is 5.02. The van der Waals surface area contributed by atoms with Gasteiger partial charge >= 0.3 is 0 Å². The highest BCUT2D eigenvalue weighted by Crippen LogP contribution is 2.07. The normalized spacial score (nSPS) is 18.6. The molecule has 1 atom stereocenters. The number of para-hydroxylation sites is 1. The second kappa shape index (κ2) is 7.01. The first-order valence-corrected chi connectivity index (χ1v) is 6.63. The van der Waals surface area contributed by atoms with Crippen LogP contribution in [0.1, 0.15) is 12.8 Å². The number of carbonyl (C=O) groups excluding carboxylic acids is 1. The summed E-state index contributed by atoms with van der Waals surface area (Å²) in [5.74, 6) is 0.367. The van der Waals surface area contributed by atoms with Crippen LogP contribution >= 0.6 is 0 Å². The molecule has 0 aliphatic carbocycles. The number of nitrogens with one attached hydrogen (secondary N) is 3. The summed E-state index contributed by atoms with van der Waals surface area (Å²) in [7, 11) is 0. The number of hydrogen-bond acceptors (Lipinski definition) is 3. The average molecular weight is 247 g/mol. The number of amides is 1. The molecule has 1 fully saturated rings. The lowest BCUT2D eigenvalue weighted by Crippen LogP contribution is -2.33. The van der Waals surface area contributed by atoms with E-state index in [4.69, 9.17) is 0 Å². The standard InChI is InChI=1S/C14H21N3O/c18-14(12-7-10-15-11-12)17-9-4-8-16-13-5-2-1-3-6-13/h1-3,5-6,12,15-16H,4,7-11H2,(H,17,18). The monoisotopic (exact) mass is 247 g/mol. The van der Waals surface area contributed by atoms with E-state index in [1.807, 2.05) is 30.3 Å². The fourth-order valence-electron chi connectivity index (χ4n) is 2.11. The van der Waals surface area contributed by atoms with Crippen molar-refractivity contribution in [1.82, 2.24) is 10.6 Å². The molecule has 4 nitrogen and oxygen atoms in total. The molecule has 98 valence electrons. The number of rotatable bonds is 6. The summed E-state index contributed by atoms with van der Waals surface area (Å²) in [6, 6.07) is 10.1. The third kappa shape index (κ3) is 4.04. The first-order chi connectivity index (χ1) is 8.86. The largest absolute Gasteiger partial charge is 0.385 e. The molecule has 1 aliphatic rings. The highest BCUT2D eigenvalue weighted by molar-refractivity contribution is 5.79. The zero-order valence-corrected chi connectivity index (χ0v) is 10.6. The van der Waals surface area contributed by atoms with E-state index in [2.05, 4.69) is 16.0 Å². The van der Waals surface area contributed by atoms with Crippen molar-refractivity contribution < 1.29 is 4.79 Å². The second-order valence-corrected chi connectivity index (χ2v) is 4.63. The first kappa shape index (κ1) is 12.9. The fourth-order valence-corrected chi connectivity index (χ4v) is 2.11. The molecule has 18 heavy (non-hydrogen) atoms. The summed E-state index contributed by atoms with van der Waals surface area (Å²) in [5.41, 5.74) is 1.13. The van der Waals surface area contributed by atoms with Gasteiger partial charge in [-0.25, -0.2) is 0 Å². The number of hydrogen-bond donors (Lipinski definition) is 3. The molecule has 1 amide bonds. The van der Waals surface area contributed by atoms with Crippen molar-refractivity contribution >= 4 is 11.6 Å². The van der Waals surface area contributed by atoms with Gasteiger partial charge in [-0.05, 0) is 31.5 Å². The Morgan fingerprint density at radius 2 is 2.11 bits per heavy atom. The Morgan fingerprint density at radius 1 is 1.28 bits per heavy atom. The quantitative estimate of drug-likeness (QED) is 0.662. The molecule has 0 aromatic heterocycles. The summed E-state index contributed by atoms with van der Waals surface area (Å²) >= 11 is 0. The molecular formula is C14H21N3O. The van der Waals surface area contributed by atoms with E-state index in [0.29, 0.717) is 0 Å². The van der Waals surface area contributed by atoms with Crippen LogP contribution in [0.3, 0.4) is 0 Å². The van der Waals surface area contributed by atoms with Crippen LogP contribution in [-0.2, 0) is 4.79 Å². The molecule has 0 radical (unpaired) electrons. The minimum absolute atomic E-state index is 0.173. The molecule has 1 saturated heterocycles. The van der Waals surface area contributed by atoms with Crippen LogP contribution in [0.5, 0.6) is 0 Å². The van der Waals surface area contributed by atoms with Gasteiger partial charge in [0, 0.05) is 25.3 Å².